The van der Waals surface area contributed by atoms with Crippen LogP contribution in [0.2, 0.25) is 0 Å². The fraction of sp³-hybridized carbons (Fsp3) is 0.278. The maximum Gasteiger partial charge on any atom is 0.307 e. The standard InChI is InChI=1S/C18H22N2O3S2/c19-14-2-6-16(7-3-14)24-25-17-8-4-15(5-9-17)20-11-10-18(22)23-13-1-12-21/h2-9,20-21H,1,10-13,19H2. The van der Waals surface area contributed by atoms with Gasteiger partial charge in [-0.3, -0.25) is 4.79 Å². The Morgan fingerprint density at radius 1 is 1.04 bits per heavy atom. The van der Waals surface area contributed by atoms with Crippen molar-refractivity contribution in [2.75, 3.05) is 30.8 Å². The second-order valence-corrected chi connectivity index (χ2v) is 7.51. The molecule has 7 heteroatoms. The van der Waals surface area contributed by atoms with Crippen LogP contribution in [0.3, 0.4) is 0 Å². The summed E-state index contributed by atoms with van der Waals surface area (Å²) in [5.74, 6) is -0.256. The van der Waals surface area contributed by atoms with Crippen molar-refractivity contribution in [3.8, 4) is 0 Å². The molecule has 0 saturated carbocycles. The maximum atomic E-state index is 11.4. The Kier molecular flexibility index (Phi) is 8.51. The monoisotopic (exact) mass is 378 g/mol. The van der Waals surface area contributed by atoms with Crippen LogP contribution in [0.25, 0.3) is 0 Å². The lowest BCUT2D eigenvalue weighted by molar-refractivity contribution is -0.143. The number of aliphatic hydroxyl groups excluding tert-OH is 1. The lowest BCUT2D eigenvalue weighted by Crippen LogP contribution is -2.12. The lowest BCUT2D eigenvalue weighted by atomic mass is 10.3. The van der Waals surface area contributed by atoms with E-state index < -0.39 is 0 Å². The first-order chi connectivity index (χ1) is 12.2. The number of carbonyl (C=O) groups is 1. The molecule has 5 nitrogen and oxygen atoms in total. The van der Waals surface area contributed by atoms with Crippen LogP contribution >= 0.6 is 21.6 Å². The van der Waals surface area contributed by atoms with E-state index >= 15 is 0 Å². The Bertz CT molecular complexity index is 648. The number of aliphatic hydroxyl groups is 1. The van der Waals surface area contributed by atoms with Crippen LogP contribution in [0.15, 0.2) is 58.3 Å². The predicted octanol–water partition coefficient (Wildman–Crippen LogP) is 3.80. The van der Waals surface area contributed by atoms with Crippen LogP contribution in [-0.4, -0.2) is 30.8 Å². The van der Waals surface area contributed by atoms with E-state index in [0.29, 0.717) is 19.4 Å². The van der Waals surface area contributed by atoms with Gasteiger partial charge in [-0.1, -0.05) is 21.6 Å². The third-order valence-electron chi connectivity index (χ3n) is 3.19. The Morgan fingerprint density at radius 3 is 2.24 bits per heavy atom. The third kappa shape index (κ3) is 7.72. The Balaban J connectivity index is 1.69. The highest BCUT2D eigenvalue weighted by molar-refractivity contribution is 8.76. The maximum absolute atomic E-state index is 11.4. The van der Waals surface area contributed by atoms with E-state index in [-0.39, 0.29) is 19.2 Å². The first-order valence-electron chi connectivity index (χ1n) is 7.98. The fourth-order valence-electron chi connectivity index (χ4n) is 1.88. The molecule has 0 radical (unpaired) electrons. The van der Waals surface area contributed by atoms with Crippen molar-refractivity contribution in [2.45, 2.75) is 22.6 Å². The first-order valence-corrected chi connectivity index (χ1v) is 10.1. The molecule has 0 spiro atoms. The molecule has 0 fully saturated rings. The average molecular weight is 379 g/mol. The van der Waals surface area contributed by atoms with Crippen LogP contribution in [0, 0.1) is 0 Å². The molecule has 4 N–H and O–H groups in total. The Hall–Kier alpha value is -1.83. The second kappa shape index (κ2) is 10.9. The number of rotatable bonds is 10. The molecule has 0 amide bonds. The number of benzene rings is 2. The van der Waals surface area contributed by atoms with E-state index in [9.17, 15) is 4.79 Å². The molecule has 0 atom stereocenters. The molecular formula is C18H22N2O3S2. The zero-order chi connectivity index (χ0) is 17.9. The largest absolute Gasteiger partial charge is 0.466 e. The summed E-state index contributed by atoms with van der Waals surface area (Å²) in [5.41, 5.74) is 7.41. The van der Waals surface area contributed by atoms with Crippen LogP contribution < -0.4 is 11.1 Å². The highest BCUT2D eigenvalue weighted by Crippen LogP contribution is 2.37. The summed E-state index contributed by atoms with van der Waals surface area (Å²) in [7, 11) is 3.36. The molecule has 2 aromatic carbocycles. The molecule has 0 bridgehead atoms. The number of nitrogen functional groups attached to an aromatic ring is 1. The molecule has 0 aliphatic heterocycles. The summed E-state index contributed by atoms with van der Waals surface area (Å²) in [6.07, 6.45) is 0.779. The van der Waals surface area contributed by atoms with Gasteiger partial charge in [0.15, 0.2) is 0 Å². The minimum Gasteiger partial charge on any atom is -0.466 e. The van der Waals surface area contributed by atoms with Gasteiger partial charge < -0.3 is 20.9 Å². The number of hydrogen-bond acceptors (Lipinski definition) is 7. The van der Waals surface area contributed by atoms with E-state index in [4.69, 9.17) is 15.6 Å². The van der Waals surface area contributed by atoms with Gasteiger partial charge in [-0.2, -0.15) is 0 Å². The number of nitrogens with one attached hydrogen (secondary N) is 1. The SMILES string of the molecule is Nc1ccc(SSc2ccc(NCCC(=O)OCCCO)cc2)cc1. The predicted molar refractivity (Wildman–Crippen MR) is 105 cm³/mol. The fourth-order valence-corrected chi connectivity index (χ4v) is 3.81. The lowest BCUT2D eigenvalue weighted by Gasteiger charge is -2.08. The van der Waals surface area contributed by atoms with Crippen molar-refractivity contribution in [1.82, 2.24) is 0 Å². The van der Waals surface area contributed by atoms with E-state index in [0.717, 1.165) is 21.2 Å². The molecular weight excluding hydrogens is 356 g/mol. The Labute approximate surface area is 155 Å². The van der Waals surface area contributed by atoms with Gasteiger partial charge in [0.25, 0.3) is 0 Å². The number of esters is 1. The van der Waals surface area contributed by atoms with Crippen LogP contribution in [0.4, 0.5) is 11.4 Å². The summed E-state index contributed by atoms with van der Waals surface area (Å²) in [6.45, 7) is 0.823. The number of nitrogens with two attached hydrogens (primary N) is 1. The van der Waals surface area contributed by atoms with Gasteiger partial charge in [0.05, 0.1) is 13.0 Å². The van der Waals surface area contributed by atoms with Gasteiger partial charge in [0.1, 0.15) is 0 Å². The molecule has 0 aliphatic carbocycles. The second-order valence-electron chi connectivity index (χ2n) is 5.23. The molecule has 0 heterocycles. The van der Waals surface area contributed by atoms with Gasteiger partial charge >= 0.3 is 5.97 Å². The third-order valence-corrected chi connectivity index (χ3v) is 5.61. The zero-order valence-corrected chi connectivity index (χ0v) is 15.4. The molecule has 0 saturated heterocycles. The molecule has 134 valence electrons. The minimum absolute atomic E-state index is 0.0342. The number of hydrogen-bond donors (Lipinski definition) is 3. The zero-order valence-electron chi connectivity index (χ0n) is 13.8. The number of ether oxygens (including phenoxy) is 1. The van der Waals surface area contributed by atoms with Crippen molar-refractivity contribution in [3.63, 3.8) is 0 Å². The summed E-state index contributed by atoms with van der Waals surface area (Å²) in [6, 6.07) is 15.8. The molecule has 25 heavy (non-hydrogen) atoms. The highest BCUT2D eigenvalue weighted by Gasteiger charge is 2.03. The van der Waals surface area contributed by atoms with E-state index in [1.54, 1.807) is 21.6 Å². The van der Waals surface area contributed by atoms with Crippen LogP contribution in [-0.2, 0) is 9.53 Å². The van der Waals surface area contributed by atoms with Gasteiger partial charge in [-0.05, 0) is 48.5 Å². The number of carbonyl (C=O) groups excluding carboxylic acids is 1. The quantitative estimate of drug-likeness (QED) is 0.251. The molecule has 2 rings (SSSR count). The number of anilines is 2. The van der Waals surface area contributed by atoms with Crippen molar-refractivity contribution in [2.24, 2.45) is 0 Å². The minimum atomic E-state index is -0.256. The topological polar surface area (TPSA) is 84.6 Å². The molecule has 0 aromatic heterocycles. The van der Waals surface area contributed by atoms with Gasteiger partial charge in [0, 0.05) is 40.7 Å². The Morgan fingerprint density at radius 2 is 1.64 bits per heavy atom. The van der Waals surface area contributed by atoms with Crippen molar-refractivity contribution >= 4 is 38.9 Å². The summed E-state index contributed by atoms with van der Waals surface area (Å²) < 4.78 is 4.97. The van der Waals surface area contributed by atoms with Crippen LogP contribution in [0.5, 0.6) is 0 Å². The van der Waals surface area contributed by atoms with E-state index in [1.165, 1.54) is 0 Å². The highest BCUT2D eigenvalue weighted by atomic mass is 33.1. The smallest absolute Gasteiger partial charge is 0.307 e. The van der Waals surface area contributed by atoms with Crippen molar-refractivity contribution in [1.29, 1.82) is 0 Å². The molecule has 2 aromatic rings. The van der Waals surface area contributed by atoms with E-state index in [1.807, 2.05) is 48.5 Å². The van der Waals surface area contributed by atoms with Crippen LogP contribution in [0.1, 0.15) is 12.8 Å². The van der Waals surface area contributed by atoms with Gasteiger partial charge in [0.2, 0.25) is 0 Å². The van der Waals surface area contributed by atoms with Gasteiger partial charge in [-0.15, -0.1) is 0 Å². The average Bonchev–Trinajstić information content (AvgIpc) is 2.62. The van der Waals surface area contributed by atoms with E-state index in [2.05, 4.69) is 5.32 Å². The summed E-state index contributed by atoms with van der Waals surface area (Å²) in [5, 5.41) is 11.8. The summed E-state index contributed by atoms with van der Waals surface area (Å²) >= 11 is 0. The molecule has 0 aliphatic rings. The normalized spacial score (nSPS) is 10.4. The van der Waals surface area contributed by atoms with Gasteiger partial charge in [-0.25, -0.2) is 0 Å². The van der Waals surface area contributed by atoms with Crippen molar-refractivity contribution in [3.05, 3.63) is 48.5 Å². The summed E-state index contributed by atoms with van der Waals surface area (Å²) in [4.78, 5) is 13.7. The first kappa shape index (κ1) is 19.5. The molecule has 0 unspecified atom stereocenters. The van der Waals surface area contributed by atoms with Crippen molar-refractivity contribution < 1.29 is 14.6 Å².